The van der Waals surface area contributed by atoms with Crippen molar-refractivity contribution in [2.24, 2.45) is 0 Å². The average Bonchev–Trinajstić information content (AvgIpc) is 3.32. The number of furan rings is 1. The fourth-order valence-corrected chi connectivity index (χ4v) is 4.83. The molecule has 5 rings (SSSR count). The number of fused-ring (bicyclic) bond motifs is 1. The first kappa shape index (κ1) is 24.4. The van der Waals surface area contributed by atoms with E-state index in [2.05, 4.69) is 4.98 Å². The lowest BCUT2D eigenvalue weighted by Gasteiger charge is -2.40. The molecule has 4 heterocycles. The molecule has 0 radical (unpaired) electrons. The highest BCUT2D eigenvalue weighted by Gasteiger charge is 2.41. The van der Waals surface area contributed by atoms with Gasteiger partial charge in [0.05, 0.1) is 5.69 Å². The van der Waals surface area contributed by atoms with Crippen LogP contribution >= 0.6 is 0 Å². The Labute approximate surface area is 208 Å². The molecular formula is C27H30FN3O5. The normalized spacial score (nSPS) is 18.1. The Hall–Kier alpha value is -3.30. The van der Waals surface area contributed by atoms with Gasteiger partial charge in [-0.25, -0.2) is 9.37 Å². The number of benzene rings is 1. The number of rotatable bonds is 4. The molecule has 0 aliphatic carbocycles. The number of pyridine rings is 1. The van der Waals surface area contributed by atoms with E-state index in [0.29, 0.717) is 56.2 Å². The van der Waals surface area contributed by atoms with Crippen molar-refractivity contribution >= 4 is 22.9 Å². The van der Waals surface area contributed by atoms with Gasteiger partial charge in [0.2, 0.25) is 0 Å². The van der Waals surface area contributed by atoms with Gasteiger partial charge in [-0.2, -0.15) is 0 Å². The van der Waals surface area contributed by atoms with Crippen LogP contribution < -0.4 is 0 Å². The minimum atomic E-state index is -1.38. The van der Waals surface area contributed by atoms with Crippen molar-refractivity contribution in [2.75, 3.05) is 39.4 Å². The molecule has 9 heteroatoms. The number of amides is 2. The minimum Gasteiger partial charge on any atom is -0.449 e. The molecule has 2 aliphatic heterocycles. The third kappa shape index (κ3) is 4.60. The molecule has 2 aromatic heterocycles. The summed E-state index contributed by atoms with van der Waals surface area (Å²) in [6, 6.07) is 9.72. The smallest absolute Gasteiger partial charge is 0.289 e. The predicted octanol–water partition coefficient (Wildman–Crippen LogP) is 3.58. The zero-order valence-electron chi connectivity index (χ0n) is 20.5. The van der Waals surface area contributed by atoms with Gasteiger partial charge in [0.15, 0.2) is 11.3 Å². The van der Waals surface area contributed by atoms with Crippen molar-refractivity contribution in [1.82, 2.24) is 14.8 Å². The molecule has 2 saturated heterocycles. The van der Waals surface area contributed by atoms with E-state index in [1.165, 1.54) is 12.1 Å². The zero-order valence-corrected chi connectivity index (χ0v) is 20.5. The van der Waals surface area contributed by atoms with Crippen molar-refractivity contribution < 1.29 is 28.2 Å². The molecule has 190 valence electrons. The van der Waals surface area contributed by atoms with Gasteiger partial charge in [-0.15, -0.1) is 0 Å². The first-order valence-electron chi connectivity index (χ1n) is 12.3. The maximum Gasteiger partial charge on any atom is 0.289 e. The fraction of sp³-hybridized carbons (Fsp3) is 0.444. The van der Waals surface area contributed by atoms with Crippen molar-refractivity contribution in [1.29, 1.82) is 0 Å². The van der Waals surface area contributed by atoms with Crippen LogP contribution in [-0.4, -0.2) is 76.7 Å². The maximum absolute atomic E-state index is 13.4. The summed E-state index contributed by atoms with van der Waals surface area (Å²) in [6.07, 6.45) is 0.574. The number of aromatic nitrogens is 1. The lowest BCUT2D eigenvalue weighted by molar-refractivity contribution is -0.162. The molecule has 0 unspecified atom stereocenters. The van der Waals surface area contributed by atoms with E-state index in [4.69, 9.17) is 9.15 Å². The van der Waals surface area contributed by atoms with Crippen LogP contribution in [0.4, 0.5) is 4.39 Å². The van der Waals surface area contributed by atoms with E-state index < -0.39 is 5.60 Å². The third-order valence-electron chi connectivity index (χ3n) is 7.05. The molecule has 1 N–H and O–H groups in total. The van der Waals surface area contributed by atoms with Crippen molar-refractivity contribution in [3.8, 4) is 11.3 Å². The number of piperazine rings is 1. The van der Waals surface area contributed by atoms with E-state index in [-0.39, 0.29) is 42.2 Å². The molecule has 2 aliphatic rings. The van der Waals surface area contributed by atoms with Gasteiger partial charge in [-0.3, -0.25) is 9.59 Å². The molecular weight excluding hydrogens is 465 g/mol. The number of aliphatic hydroxyl groups is 1. The van der Waals surface area contributed by atoms with E-state index in [1.54, 1.807) is 28.0 Å². The Kier molecular flexibility index (Phi) is 6.53. The van der Waals surface area contributed by atoms with Gasteiger partial charge in [-0.1, -0.05) is 13.8 Å². The fourth-order valence-electron chi connectivity index (χ4n) is 4.83. The Morgan fingerprint density at radius 3 is 2.31 bits per heavy atom. The molecule has 1 aromatic carbocycles. The van der Waals surface area contributed by atoms with Crippen LogP contribution in [0.1, 0.15) is 48.7 Å². The SMILES string of the molecule is CC(C)c1cc(-c2ccc(F)cc2)nc2cc(C(=O)N3CCN(C(=O)C4(O)CCOCC4)CC3)oc12. The summed E-state index contributed by atoms with van der Waals surface area (Å²) in [6.45, 7) is 6.19. The second-order valence-corrected chi connectivity index (χ2v) is 9.81. The summed E-state index contributed by atoms with van der Waals surface area (Å²) in [5, 5.41) is 10.7. The van der Waals surface area contributed by atoms with E-state index in [1.807, 2.05) is 19.9 Å². The number of hydrogen-bond acceptors (Lipinski definition) is 6. The molecule has 0 saturated carbocycles. The van der Waals surface area contributed by atoms with E-state index in [0.717, 1.165) is 11.1 Å². The topological polar surface area (TPSA) is 96.1 Å². The van der Waals surface area contributed by atoms with Crippen molar-refractivity contribution in [3.63, 3.8) is 0 Å². The van der Waals surface area contributed by atoms with Crippen LogP contribution in [-0.2, 0) is 9.53 Å². The molecule has 2 amide bonds. The maximum atomic E-state index is 13.4. The van der Waals surface area contributed by atoms with E-state index in [9.17, 15) is 19.1 Å². The highest BCUT2D eigenvalue weighted by atomic mass is 19.1. The highest BCUT2D eigenvalue weighted by molar-refractivity contribution is 5.96. The van der Waals surface area contributed by atoms with Crippen LogP contribution in [0, 0.1) is 5.82 Å². The van der Waals surface area contributed by atoms with Crippen molar-refractivity contribution in [3.05, 3.63) is 53.5 Å². The average molecular weight is 496 g/mol. The number of ether oxygens (including phenoxy) is 1. The lowest BCUT2D eigenvalue weighted by Crippen LogP contribution is -2.58. The second-order valence-electron chi connectivity index (χ2n) is 9.81. The molecule has 8 nitrogen and oxygen atoms in total. The van der Waals surface area contributed by atoms with Gasteiger partial charge in [0.25, 0.3) is 11.8 Å². The van der Waals surface area contributed by atoms with E-state index >= 15 is 0 Å². The number of halogens is 1. The largest absolute Gasteiger partial charge is 0.449 e. The first-order valence-corrected chi connectivity index (χ1v) is 12.3. The zero-order chi connectivity index (χ0) is 25.4. The van der Waals surface area contributed by atoms with Gasteiger partial charge in [0.1, 0.15) is 16.9 Å². The Bertz CT molecular complexity index is 1270. The van der Waals surface area contributed by atoms with Gasteiger partial charge in [0, 0.05) is 69.4 Å². The van der Waals surface area contributed by atoms with Gasteiger partial charge >= 0.3 is 0 Å². The Morgan fingerprint density at radius 2 is 1.67 bits per heavy atom. The highest BCUT2D eigenvalue weighted by Crippen LogP contribution is 2.32. The molecule has 0 bridgehead atoms. The summed E-state index contributed by atoms with van der Waals surface area (Å²) in [4.78, 5) is 34.1. The van der Waals surface area contributed by atoms with Crippen LogP contribution in [0.25, 0.3) is 22.4 Å². The number of carbonyl (C=O) groups is 2. The minimum absolute atomic E-state index is 0.120. The summed E-state index contributed by atoms with van der Waals surface area (Å²) in [5.74, 6) is -0.555. The molecule has 36 heavy (non-hydrogen) atoms. The monoisotopic (exact) mass is 495 g/mol. The van der Waals surface area contributed by atoms with Gasteiger partial charge < -0.3 is 24.1 Å². The van der Waals surface area contributed by atoms with Crippen LogP contribution in [0.3, 0.4) is 0 Å². The molecule has 2 fully saturated rings. The second kappa shape index (κ2) is 9.63. The van der Waals surface area contributed by atoms with Crippen LogP contribution in [0.5, 0.6) is 0 Å². The standard InChI is InChI=1S/C27H30FN3O5/c1-17(2)20-15-21(18-3-5-19(28)6-4-18)29-22-16-23(36-24(20)22)25(32)30-9-11-31(12-10-30)26(33)27(34)7-13-35-14-8-27/h3-6,15-17,34H,7-14H2,1-2H3. The Morgan fingerprint density at radius 1 is 1.03 bits per heavy atom. The molecule has 3 aromatic rings. The van der Waals surface area contributed by atoms with Gasteiger partial charge in [-0.05, 0) is 36.2 Å². The third-order valence-corrected chi connectivity index (χ3v) is 7.05. The summed E-state index contributed by atoms with van der Waals surface area (Å²) < 4.78 is 24.7. The summed E-state index contributed by atoms with van der Waals surface area (Å²) >= 11 is 0. The number of nitrogens with zero attached hydrogens (tertiary/aromatic N) is 3. The van der Waals surface area contributed by atoms with Crippen LogP contribution in [0.2, 0.25) is 0 Å². The predicted molar refractivity (Wildman–Crippen MR) is 131 cm³/mol. The molecule has 0 spiro atoms. The number of carbonyl (C=O) groups excluding carboxylic acids is 2. The summed E-state index contributed by atoms with van der Waals surface area (Å²) in [7, 11) is 0. The Balaban J connectivity index is 1.34. The lowest BCUT2D eigenvalue weighted by atomic mass is 9.92. The quantitative estimate of drug-likeness (QED) is 0.595. The first-order chi connectivity index (χ1) is 17.2. The summed E-state index contributed by atoms with van der Waals surface area (Å²) in [5.41, 5.74) is 2.13. The molecule has 0 atom stereocenters. The van der Waals surface area contributed by atoms with Crippen molar-refractivity contribution in [2.45, 2.75) is 38.2 Å². The van der Waals surface area contributed by atoms with Crippen LogP contribution in [0.15, 0.2) is 40.8 Å². The number of hydrogen-bond donors (Lipinski definition) is 1.